The number of amides is 1. The summed E-state index contributed by atoms with van der Waals surface area (Å²) in [5.74, 6) is -0.431. The van der Waals surface area contributed by atoms with E-state index in [1.54, 1.807) is 24.3 Å². The van der Waals surface area contributed by atoms with E-state index in [0.717, 1.165) is 37.8 Å². The van der Waals surface area contributed by atoms with Crippen LogP contribution in [0.3, 0.4) is 0 Å². The highest BCUT2D eigenvalue weighted by Crippen LogP contribution is 2.34. The number of anilines is 1. The summed E-state index contributed by atoms with van der Waals surface area (Å²) in [6.45, 7) is 5.29. The van der Waals surface area contributed by atoms with Gasteiger partial charge >= 0.3 is 6.18 Å². The summed E-state index contributed by atoms with van der Waals surface area (Å²) >= 11 is 0. The van der Waals surface area contributed by atoms with Crippen LogP contribution in [0.4, 0.5) is 18.9 Å². The van der Waals surface area contributed by atoms with Crippen LogP contribution in [0.5, 0.6) is 0 Å². The number of alkyl halides is 3. The number of carbonyl (C=O) groups is 1. The van der Waals surface area contributed by atoms with Crippen molar-refractivity contribution in [1.29, 1.82) is 0 Å². The van der Waals surface area contributed by atoms with Crippen LogP contribution in [0.15, 0.2) is 42.5 Å². The second-order valence-corrected chi connectivity index (χ2v) is 7.27. The van der Waals surface area contributed by atoms with Gasteiger partial charge in [0.05, 0.1) is 5.56 Å². The van der Waals surface area contributed by atoms with Gasteiger partial charge in [-0.25, -0.2) is 0 Å². The van der Waals surface area contributed by atoms with E-state index >= 15 is 0 Å². The molecule has 0 unspecified atom stereocenters. The molecular weight excluding hydrogens is 367 g/mol. The Bertz CT molecular complexity index is 826. The van der Waals surface area contributed by atoms with Crippen LogP contribution in [0, 0.1) is 6.92 Å². The SMILES string of the molecule is Cc1ccc(C(=O)Nc2ccc(CN3CCN(C)CC3)c(C(F)(F)F)c2)cc1. The van der Waals surface area contributed by atoms with Gasteiger partial charge in [-0.15, -0.1) is 0 Å². The first-order valence-corrected chi connectivity index (χ1v) is 9.21. The van der Waals surface area contributed by atoms with E-state index in [0.29, 0.717) is 5.56 Å². The molecule has 0 radical (unpaired) electrons. The Morgan fingerprint density at radius 3 is 2.29 bits per heavy atom. The molecule has 1 N–H and O–H groups in total. The lowest BCUT2D eigenvalue weighted by Gasteiger charge is -2.33. The molecule has 0 atom stereocenters. The second kappa shape index (κ2) is 8.32. The summed E-state index contributed by atoms with van der Waals surface area (Å²) in [5, 5.41) is 2.57. The largest absolute Gasteiger partial charge is 0.416 e. The highest BCUT2D eigenvalue weighted by atomic mass is 19.4. The number of halogens is 3. The molecule has 2 aromatic rings. The van der Waals surface area contributed by atoms with E-state index in [1.165, 1.54) is 12.1 Å². The lowest BCUT2D eigenvalue weighted by molar-refractivity contribution is -0.138. The molecule has 0 aliphatic carbocycles. The standard InChI is InChI=1S/C21H24F3N3O/c1-15-3-5-16(6-4-15)20(28)25-18-8-7-17(19(13-18)21(22,23)24)14-27-11-9-26(2)10-12-27/h3-8,13H,9-12,14H2,1-2H3,(H,25,28). The average Bonchev–Trinajstić information content (AvgIpc) is 2.64. The smallest absolute Gasteiger partial charge is 0.322 e. The summed E-state index contributed by atoms with van der Waals surface area (Å²) in [5.41, 5.74) is 1.07. The Balaban J connectivity index is 1.78. The lowest BCUT2D eigenvalue weighted by Crippen LogP contribution is -2.44. The zero-order valence-corrected chi connectivity index (χ0v) is 16.0. The molecule has 28 heavy (non-hydrogen) atoms. The first-order chi connectivity index (χ1) is 13.2. The van der Waals surface area contributed by atoms with E-state index in [-0.39, 0.29) is 17.8 Å². The van der Waals surface area contributed by atoms with Crippen molar-refractivity contribution in [1.82, 2.24) is 9.80 Å². The van der Waals surface area contributed by atoms with Gasteiger partial charge in [-0.2, -0.15) is 13.2 Å². The fourth-order valence-corrected chi connectivity index (χ4v) is 3.21. The van der Waals surface area contributed by atoms with Crippen molar-refractivity contribution in [2.45, 2.75) is 19.6 Å². The summed E-state index contributed by atoms with van der Waals surface area (Å²) < 4.78 is 40.8. The van der Waals surface area contributed by atoms with Crippen molar-refractivity contribution < 1.29 is 18.0 Å². The zero-order valence-electron chi connectivity index (χ0n) is 16.0. The Morgan fingerprint density at radius 1 is 1.04 bits per heavy atom. The average molecular weight is 391 g/mol. The molecule has 1 aliphatic heterocycles. The number of aryl methyl sites for hydroxylation is 1. The predicted octanol–water partition coefficient (Wildman–Crippen LogP) is 4.01. The van der Waals surface area contributed by atoms with Gasteiger partial charge in [-0.05, 0) is 43.8 Å². The van der Waals surface area contributed by atoms with Gasteiger partial charge in [0.25, 0.3) is 5.91 Å². The first-order valence-electron chi connectivity index (χ1n) is 9.21. The van der Waals surface area contributed by atoms with Crippen molar-refractivity contribution in [2.24, 2.45) is 0 Å². The molecule has 0 spiro atoms. The molecular formula is C21H24F3N3O. The number of carbonyl (C=O) groups excluding carboxylic acids is 1. The quantitative estimate of drug-likeness (QED) is 0.855. The number of nitrogens with one attached hydrogen (secondary N) is 1. The molecule has 3 rings (SSSR count). The van der Waals surface area contributed by atoms with Crippen LogP contribution in [-0.4, -0.2) is 48.9 Å². The van der Waals surface area contributed by atoms with Crippen LogP contribution in [0.25, 0.3) is 0 Å². The third-order valence-corrected chi connectivity index (χ3v) is 4.98. The molecule has 0 bridgehead atoms. The van der Waals surface area contributed by atoms with Crippen molar-refractivity contribution in [3.05, 3.63) is 64.7 Å². The summed E-state index contributed by atoms with van der Waals surface area (Å²) in [6, 6.07) is 10.9. The van der Waals surface area contributed by atoms with E-state index in [2.05, 4.69) is 10.2 Å². The number of hydrogen-bond acceptors (Lipinski definition) is 3. The summed E-state index contributed by atoms with van der Waals surface area (Å²) in [7, 11) is 2.00. The van der Waals surface area contributed by atoms with Crippen molar-refractivity contribution in [2.75, 3.05) is 38.5 Å². The van der Waals surface area contributed by atoms with Crippen LogP contribution in [0.2, 0.25) is 0 Å². The number of piperazine rings is 1. The number of nitrogens with zero attached hydrogens (tertiary/aromatic N) is 2. The normalized spacial score (nSPS) is 16.2. The van der Waals surface area contributed by atoms with Crippen LogP contribution in [0.1, 0.15) is 27.0 Å². The van der Waals surface area contributed by atoms with E-state index < -0.39 is 17.6 Å². The van der Waals surface area contributed by atoms with E-state index in [4.69, 9.17) is 0 Å². The molecule has 2 aromatic carbocycles. The van der Waals surface area contributed by atoms with Crippen molar-refractivity contribution in [3.8, 4) is 0 Å². The zero-order chi connectivity index (χ0) is 20.3. The molecule has 1 heterocycles. The van der Waals surface area contributed by atoms with Crippen molar-refractivity contribution >= 4 is 11.6 Å². The molecule has 150 valence electrons. The maximum absolute atomic E-state index is 13.6. The molecule has 1 fully saturated rings. The minimum absolute atomic E-state index is 0.139. The van der Waals surface area contributed by atoms with Gasteiger partial charge in [-0.1, -0.05) is 23.8 Å². The van der Waals surface area contributed by atoms with Crippen molar-refractivity contribution in [3.63, 3.8) is 0 Å². The molecule has 0 saturated carbocycles. The van der Waals surface area contributed by atoms with Crippen LogP contribution < -0.4 is 5.32 Å². The maximum atomic E-state index is 13.6. The summed E-state index contributed by atoms with van der Waals surface area (Å²) in [4.78, 5) is 16.5. The van der Waals surface area contributed by atoms with E-state index in [1.807, 2.05) is 18.9 Å². The summed E-state index contributed by atoms with van der Waals surface area (Å²) in [6.07, 6.45) is -4.48. The predicted molar refractivity (Wildman–Crippen MR) is 103 cm³/mol. The third-order valence-electron chi connectivity index (χ3n) is 4.98. The molecule has 1 saturated heterocycles. The Morgan fingerprint density at radius 2 is 1.68 bits per heavy atom. The number of rotatable bonds is 4. The van der Waals surface area contributed by atoms with E-state index in [9.17, 15) is 18.0 Å². The fourth-order valence-electron chi connectivity index (χ4n) is 3.21. The minimum atomic E-state index is -4.48. The second-order valence-electron chi connectivity index (χ2n) is 7.27. The number of hydrogen-bond donors (Lipinski definition) is 1. The van der Waals surface area contributed by atoms with Gasteiger partial charge in [0, 0.05) is 44.0 Å². The topological polar surface area (TPSA) is 35.6 Å². The molecule has 1 aliphatic rings. The Hall–Kier alpha value is -2.38. The first kappa shape index (κ1) is 20.4. The lowest BCUT2D eigenvalue weighted by atomic mass is 10.0. The highest BCUT2D eigenvalue weighted by molar-refractivity contribution is 6.04. The third kappa shape index (κ3) is 5.11. The molecule has 0 aromatic heterocycles. The molecule has 4 nitrogen and oxygen atoms in total. The van der Waals surface area contributed by atoms with Gasteiger partial charge in [0.2, 0.25) is 0 Å². The highest BCUT2D eigenvalue weighted by Gasteiger charge is 2.34. The van der Waals surface area contributed by atoms with Gasteiger partial charge < -0.3 is 10.2 Å². The Kier molecular flexibility index (Phi) is 6.05. The Labute approximate surface area is 162 Å². The monoisotopic (exact) mass is 391 g/mol. The molecule has 1 amide bonds. The van der Waals surface area contributed by atoms with Gasteiger partial charge in [-0.3, -0.25) is 9.69 Å². The van der Waals surface area contributed by atoms with Gasteiger partial charge in [0.15, 0.2) is 0 Å². The molecule has 7 heteroatoms. The van der Waals surface area contributed by atoms with Crippen LogP contribution in [-0.2, 0) is 12.7 Å². The van der Waals surface area contributed by atoms with Gasteiger partial charge in [0.1, 0.15) is 0 Å². The fraction of sp³-hybridized carbons (Fsp3) is 0.381. The number of benzene rings is 2. The maximum Gasteiger partial charge on any atom is 0.416 e. The number of likely N-dealkylation sites (N-methyl/N-ethyl adjacent to an activating group) is 1. The van der Waals surface area contributed by atoms with Crippen LogP contribution >= 0.6 is 0 Å². The minimum Gasteiger partial charge on any atom is -0.322 e.